The van der Waals surface area contributed by atoms with Gasteiger partial charge in [-0.1, -0.05) is 11.6 Å². The smallest absolute Gasteiger partial charge is 0.0931 e. The van der Waals surface area contributed by atoms with Crippen LogP contribution in [0.4, 0.5) is 0 Å². The molecule has 1 unspecified atom stereocenters. The number of aryl methyl sites for hydroxylation is 1. The number of hydrogen-bond acceptors (Lipinski definition) is 4. The summed E-state index contributed by atoms with van der Waals surface area (Å²) in [5, 5.41) is 12.6. The van der Waals surface area contributed by atoms with Gasteiger partial charge in [0.25, 0.3) is 0 Å². The number of rotatable bonds is 6. The third kappa shape index (κ3) is 3.03. The standard InChI is InChI=1S/C13H21ClN6/c1-15-12(11-5-6-16-19(11)4)13-10(14)9-17-20(13)8-7-18(2)3/h5-6,9,12,15H,7-8H2,1-4H3. The molecule has 1 atom stereocenters. The number of hydrogen-bond donors (Lipinski definition) is 1. The van der Waals surface area contributed by atoms with Crippen LogP contribution in [-0.2, 0) is 13.6 Å². The zero-order valence-electron chi connectivity index (χ0n) is 12.3. The minimum atomic E-state index is -0.0281. The first-order valence-electron chi connectivity index (χ1n) is 6.55. The van der Waals surface area contributed by atoms with Crippen LogP contribution < -0.4 is 5.32 Å². The van der Waals surface area contributed by atoms with E-state index in [0.717, 1.165) is 24.5 Å². The fourth-order valence-electron chi connectivity index (χ4n) is 2.22. The topological polar surface area (TPSA) is 50.9 Å². The van der Waals surface area contributed by atoms with Gasteiger partial charge in [-0.05, 0) is 27.2 Å². The zero-order chi connectivity index (χ0) is 14.7. The molecule has 7 heteroatoms. The molecule has 0 fully saturated rings. The van der Waals surface area contributed by atoms with E-state index in [1.54, 1.807) is 12.4 Å². The van der Waals surface area contributed by atoms with Crippen LogP contribution in [0.15, 0.2) is 18.5 Å². The van der Waals surface area contributed by atoms with E-state index in [1.165, 1.54) is 0 Å². The van der Waals surface area contributed by atoms with Crippen molar-refractivity contribution in [1.82, 2.24) is 29.8 Å². The lowest BCUT2D eigenvalue weighted by molar-refractivity contribution is 0.365. The first-order valence-corrected chi connectivity index (χ1v) is 6.93. The molecule has 0 aliphatic rings. The van der Waals surface area contributed by atoms with E-state index in [9.17, 15) is 0 Å². The molecule has 0 aromatic carbocycles. The third-order valence-electron chi connectivity index (χ3n) is 3.31. The summed E-state index contributed by atoms with van der Waals surface area (Å²) in [7, 11) is 7.92. The van der Waals surface area contributed by atoms with Gasteiger partial charge in [0.1, 0.15) is 0 Å². The lowest BCUT2D eigenvalue weighted by Gasteiger charge is -2.20. The van der Waals surface area contributed by atoms with Crippen molar-refractivity contribution in [2.24, 2.45) is 7.05 Å². The number of aromatic nitrogens is 4. The Kier molecular flexibility index (Phi) is 4.80. The Morgan fingerprint density at radius 2 is 2.15 bits per heavy atom. The maximum absolute atomic E-state index is 6.34. The van der Waals surface area contributed by atoms with Gasteiger partial charge in [0, 0.05) is 19.8 Å². The summed E-state index contributed by atoms with van der Waals surface area (Å²) in [5.41, 5.74) is 2.03. The Bertz CT molecular complexity index is 559. The minimum Gasteiger partial charge on any atom is -0.308 e. The van der Waals surface area contributed by atoms with Gasteiger partial charge in [-0.3, -0.25) is 9.36 Å². The summed E-state index contributed by atoms with van der Waals surface area (Å²) in [6.45, 7) is 1.71. The molecular formula is C13H21ClN6. The molecule has 2 rings (SSSR count). The predicted octanol–water partition coefficient (Wildman–Crippen LogP) is 1.14. The van der Waals surface area contributed by atoms with Gasteiger partial charge >= 0.3 is 0 Å². The van der Waals surface area contributed by atoms with Gasteiger partial charge in [0.2, 0.25) is 0 Å². The number of nitrogens with one attached hydrogen (secondary N) is 1. The highest BCUT2D eigenvalue weighted by Gasteiger charge is 2.23. The second kappa shape index (κ2) is 6.39. The van der Waals surface area contributed by atoms with Crippen LogP contribution in [-0.4, -0.2) is 52.1 Å². The van der Waals surface area contributed by atoms with Crippen LogP contribution >= 0.6 is 11.6 Å². The Balaban J connectivity index is 2.34. The molecule has 0 aliphatic heterocycles. The maximum atomic E-state index is 6.34. The fourth-order valence-corrected chi connectivity index (χ4v) is 2.47. The molecule has 20 heavy (non-hydrogen) atoms. The second-order valence-electron chi connectivity index (χ2n) is 5.01. The van der Waals surface area contributed by atoms with Crippen LogP contribution in [0.25, 0.3) is 0 Å². The average molecular weight is 297 g/mol. The van der Waals surface area contributed by atoms with Crippen molar-refractivity contribution in [1.29, 1.82) is 0 Å². The van der Waals surface area contributed by atoms with E-state index in [0.29, 0.717) is 5.02 Å². The van der Waals surface area contributed by atoms with E-state index >= 15 is 0 Å². The van der Waals surface area contributed by atoms with E-state index in [4.69, 9.17) is 11.6 Å². The molecule has 110 valence electrons. The van der Waals surface area contributed by atoms with E-state index in [1.807, 2.05) is 43.6 Å². The summed E-state index contributed by atoms with van der Waals surface area (Å²) in [6, 6.07) is 1.96. The molecule has 0 saturated carbocycles. The van der Waals surface area contributed by atoms with Crippen molar-refractivity contribution >= 4 is 11.6 Å². The summed E-state index contributed by atoms with van der Waals surface area (Å²) in [4.78, 5) is 2.12. The van der Waals surface area contributed by atoms with Crippen LogP contribution in [0, 0.1) is 0 Å². The normalized spacial score (nSPS) is 13.1. The van der Waals surface area contributed by atoms with E-state index in [2.05, 4.69) is 20.4 Å². The summed E-state index contributed by atoms with van der Waals surface area (Å²) in [5.74, 6) is 0. The van der Waals surface area contributed by atoms with Gasteiger partial charge in [0.15, 0.2) is 0 Å². The zero-order valence-corrected chi connectivity index (χ0v) is 13.1. The molecule has 0 radical (unpaired) electrons. The predicted molar refractivity (Wildman–Crippen MR) is 79.9 cm³/mol. The molecule has 2 aromatic rings. The van der Waals surface area contributed by atoms with Crippen LogP contribution in [0.5, 0.6) is 0 Å². The number of nitrogens with zero attached hydrogens (tertiary/aromatic N) is 5. The Hall–Kier alpha value is -1.37. The lowest BCUT2D eigenvalue weighted by atomic mass is 10.1. The highest BCUT2D eigenvalue weighted by molar-refractivity contribution is 6.31. The van der Waals surface area contributed by atoms with Crippen molar-refractivity contribution in [2.75, 3.05) is 27.7 Å². The first-order chi connectivity index (χ1) is 9.54. The quantitative estimate of drug-likeness (QED) is 0.868. The third-order valence-corrected chi connectivity index (χ3v) is 3.60. The molecule has 1 N–H and O–H groups in total. The monoisotopic (exact) mass is 296 g/mol. The summed E-state index contributed by atoms with van der Waals surface area (Å²) >= 11 is 6.34. The van der Waals surface area contributed by atoms with Crippen molar-refractivity contribution < 1.29 is 0 Å². The van der Waals surface area contributed by atoms with Crippen LogP contribution in [0.3, 0.4) is 0 Å². The van der Waals surface area contributed by atoms with Crippen molar-refractivity contribution in [3.05, 3.63) is 34.9 Å². The largest absolute Gasteiger partial charge is 0.308 e. The van der Waals surface area contributed by atoms with Gasteiger partial charge in [-0.15, -0.1) is 0 Å². The van der Waals surface area contributed by atoms with Gasteiger partial charge in [-0.2, -0.15) is 10.2 Å². The molecule has 0 aliphatic carbocycles. The lowest BCUT2D eigenvalue weighted by Crippen LogP contribution is -2.26. The fraction of sp³-hybridized carbons (Fsp3) is 0.538. The Morgan fingerprint density at radius 1 is 1.40 bits per heavy atom. The Morgan fingerprint density at radius 3 is 2.70 bits per heavy atom. The summed E-state index contributed by atoms with van der Waals surface area (Å²) < 4.78 is 3.80. The second-order valence-corrected chi connectivity index (χ2v) is 5.41. The number of likely N-dealkylation sites (N-methyl/N-ethyl adjacent to an activating group) is 1. The van der Waals surface area contributed by atoms with Crippen molar-refractivity contribution in [3.8, 4) is 0 Å². The van der Waals surface area contributed by atoms with E-state index in [-0.39, 0.29) is 6.04 Å². The van der Waals surface area contributed by atoms with Gasteiger partial charge in [0.05, 0.1) is 35.2 Å². The SMILES string of the molecule is CNC(c1ccnn1C)c1c(Cl)cnn1CCN(C)C. The molecule has 0 saturated heterocycles. The van der Waals surface area contributed by atoms with Crippen LogP contribution in [0.2, 0.25) is 5.02 Å². The van der Waals surface area contributed by atoms with Crippen molar-refractivity contribution in [3.63, 3.8) is 0 Å². The molecule has 2 aromatic heterocycles. The molecule has 0 spiro atoms. The molecule has 2 heterocycles. The van der Waals surface area contributed by atoms with Gasteiger partial charge in [-0.25, -0.2) is 0 Å². The molecule has 0 amide bonds. The average Bonchev–Trinajstić information content (AvgIpc) is 2.97. The van der Waals surface area contributed by atoms with Crippen LogP contribution in [0.1, 0.15) is 17.4 Å². The van der Waals surface area contributed by atoms with Gasteiger partial charge < -0.3 is 10.2 Å². The van der Waals surface area contributed by atoms with Crippen molar-refractivity contribution in [2.45, 2.75) is 12.6 Å². The molecular weight excluding hydrogens is 276 g/mol. The summed E-state index contributed by atoms with van der Waals surface area (Å²) in [6.07, 6.45) is 3.49. The minimum absolute atomic E-state index is 0.0281. The maximum Gasteiger partial charge on any atom is 0.0931 e. The highest BCUT2D eigenvalue weighted by atomic mass is 35.5. The number of halogens is 1. The highest BCUT2D eigenvalue weighted by Crippen LogP contribution is 2.27. The molecule has 6 nitrogen and oxygen atoms in total. The van der Waals surface area contributed by atoms with E-state index < -0.39 is 0 Å². The Labute approximate surface area is 124 Å². The first kappa shape index (κ1) is 15.0. The molecule has 0 bridgehead atoms.